The largest absolute Gasteiger partial charge is 0.329 e. The van der Waals surface area contributed by atoms with Crippen LogP contribution < -0.4 is 5.73 Å². The van der Waals surface area contributed by atoms with E-state index in [-0.39, 0.29) is 12.1 Å². The first-order valence-electron chi connectivity index (χ1n) is 5.90. The molecule has 1 rings (SSSR count). The summed E-state index contributed by atoms with van der Waals surface area (Å²) in [6, 6.07) is 3.95. The number of rotatable bonds is 6. The van der Waals surface area contributed by atoms with Crippen LogP contribution in [0.2, 0.25) is 0 Å². The average Bonchev–Trinajstić information content (AvgIpc) is 2.23. The van der Waals surface area contributed by atoms with Gasteiger partial charge in [-0.2, -0.15) is 0 Å². The molecule has 0 saturated heterocycles. The Morgan fingerprint density at radius 1 is 1.24 bits per heavy atom. The van der Waals surface area contributed by atoms with Gasteiger partial charge < -0.3 is 5.73 Å². The Hall–Kier alpha value is -1.00. The fourth-order valence-electron chi connectivity index (χ4n) is 1.84. The minimum absolute atomic E-state index is 0.126. The Morgan fingerprint density at radius 2 is 1.82 bits per heavy atom. The van der Waals surface area contributed by atoms with E-state index >= 15 is 0 Å². The second kappa shape index (κ2) is 6.67. The van der Waals surface area contributed by atoms with Crippen molar-refractivity contribution < 1.29 is 8.78 Å². The van der Waals surface area contributed by atoms with Gasteiger partial charge in [-0.1, -0.05) is 19.9 Å². The quantitative estimate of drug-likeness (QED) is 0.830. The van der Waals surface area contributed by atoms with Crippen molar-refractivity contribution in [3.05, 3.63) is 35.4 Å². The van der Waals surface area contributed by atoms with E-state index in [2.05, 4.69) is 13.8 Å². The first-order valence-corrected chi connectivity index (χ1v) is 5.90. The first-order chi connectivity index (χ1) is 8.04. The van der Waals surface area contributed by atoms with E-state index in [1.165, 1.54) is 18.2 Å². The van der Waals surface area contributed by atoms with Crippen LogP contribution in [0.4, 0.5) is 8.78 Å². The van der Waals surface area contributed by atoms with Crippen molar-refractivity contribution in [2.45, 2.75) is 20.4 Å². The van der Waals surface area contributed by atoms with Crippen LogP contribution in [-0.4, -0.2) is 24.5 Å². The van der Waals surface area contributed by atoms with Gasteiger partial charge in [0.15, 0.2) is 0 Å². The third-order valence-corrected chi connectivity index (χ3v) is 2.51. The maximum absolute atomic E-state index is 13.5. The molecule has 0 aliphatic heterocycles. The lowest BCUT2D eigenvalue weighted by atomic mass is 10.1. The fourth-order valence-corrected chi connectivity index (χ4v) is 1.84. The number of benzene rings is 1. The molecule has 4 heteroatoms. The van der Waals surface area contributed by atoms with E-state index in [9.17, 15) is 8.78 Å². The van der Waals surface area contributed by atoms with E-state index in [1.54, 1.807) is 0 Å². The summed E-state index contributed by atoms with van der Waals surface area (Å²) in [5, 5.41) is 0. The van der Waals surface area contributed by atoms with E-state index in [0.29, 0.717) is 19.0 Å². The molecule has 2 N–H and O–H groups in total. The summed E-state index contributed by atoms with van der Waals surface area (Å²) in [7, 11) is 0. The van der Waals surface area contributed by atoms with Gasteiger partial charge in [0, 0.05) is 31.7 Å². The van der Waals surface area contributed by atoms with E-state index in [0.717, 1.165) is 6.54 Å². The zero-order valence-electron chi connectivity index (χ0n) is 10.4. The summed E-state index contributed by atoms with van der Waals surface area (Å²) < 4.78 is 27.0. The molecule has 0 atom stereocenters. The standard InChI is InChI=1S/C13H20F2N2/c1-10(2)8-17(7-6-16)9-11-12(14)4-3-5-13(11)15/h3-5,10H,6-9,16H2,1-2H3. The Bertz CT molecular complexity index is 333. The maximum Gasteiger partial charge on any atom is 0.130 e. The van der Waals surface area contributed by atoms with Gasteiger partial charge in [0.1, 0.15) is 11.6 Å². The van der Waals surface area contributed by atoms with Gasteiger partial charge in [-0.3, -0.25) is 4.90 Å². The third-order valence-electron chi connectivity index (χ3n) is 2.51. The molecule has 0 heterocycles. The summed E-state index contributed by atoms with van der Waals surface area (Å²) in [4.78, 5) is 1.98. The molecule has 96 valence electrons. The monoisotopic (exact) mass is 242 g/mol. The van der Waals surface area contributed by atoms with Crippen molar-refractivity contribution in [3.8, 4) is 0 Å². The van der Waals surface area contributed by atoms with Crippen LogP contribution in [0.15, 0.2) is 18.2 Å². The van der Waals surface area contributed by atoms with E-state index in [1.807, 2.05) is 4.90 Å². The van der Waals surface area contributed by atoms with Crippen molar-refractivity contribution in [2.75, 3.05) is 19.6 Å². The van der Waals surface area contributed by atoms with Crippen molar-refractivity contribution >= 4 is 0 Å². The van der Waals surface area contributed by atoms with Crippen molar-refractivity contribution in [1.82, 2.24) is 4.90 Å². The van der Waals surface area contributed by atoms with Crippen LogP contribution in [0.3, 0.4) is 0 Å². The second-order valence-corrected chi connectivity index (χ2v) is 4.62. The Kier molecular flexibility index (Phi) is 5.51. The molecule has 1 aromatic carbocycles. The number of nitrogens with zero attached hydrogens (tertiary/aromatic N) is 1. The molecule has 0 fully saturated rings. The van der Waals surface area contributed by atoms with Crippen LogP contribution in [0.5, 0.6) is 0 Å². The van der Waals surface area contributed by atoms with Gasteiger partial charge in [-0.15, -0.1) is 0 Å². The Labute approximate surface area is 101 Å². The van der Waals surface area contributed by atoms with Crippen molar-refractivity contribution in [1.29, 1.82) is 0 Å². The number of hydrogen-bond acceptors (Lipinski definition) is 2. The lowest BCUT2D eigenvalue weighted by Gasteiger charge is -2.24. The van der Waals surface area contributed by atoms with Crippen LogP contribution >= 0.6 is 0 Å². The van der Waals surface area contributed by atoms with Crippen LogP contribution in [0, 0.1) is 17.6 Å². The molecule has 0 aromatic heterocycles. The number of hydrogen-bond donors (Lipinski definition) is 1. The summed E-state index contributed by atoms with van der Waals surface area (Å²) in [6.07, 6.45) is 0. The highest BCUT2D eigenvalue weighted by Crippen LogP contribution is 2.15. The van der Waals surface area contributed by atoms with Crippen molar-refractivity contribution in [2.24, 2.45) is 11.7 Å². The van der Waals surface area contributed by atoms with Gasteiger partial charge >= 0.3 is 0 Å². The Morgan fingerprint density at radius 3 is 2.29 bits per heavy atom. The van der Waals surface area contributed by atoms with E-state index < -0.39 is 11.6 Å². The smallest absolute Gasteiger partial charge is 0.130 e. The summed E-state index contributed by atoms with van der Waals surface area (Å²) in [5.41, 5.74) is 5.63. The Balaban J connectivity index is 2.78. The first kappa shape index (κ1) is 14.1. The maximum atomic E-state index is 13.5. The predicted octanol–water partition coefficient (Wildman–Crippen LogP) is 2.38. The van der Waals surface area contributed by atoms with Crippen LogP contribution in [0.25, 0.3) is 0 Å². The van der Waals surface area contributed by atoms with Crippen molar-refractivity contribution in [3.63, 3.8) is 0 Å². The lowest BCUT2D eigenvalue weighted by molar-refractivity contribution is 0.236. The molecular formula is C13H20F2N2. The number of halogens is 2. The zero-order valence-corrected chi connectivity index (χ0v) is 10.4. The third kappa shape index (κ3) is 4.40. The molecule has 2 nitrogen and oxygen atoms in total. The molecule has 0 aliphatic carbocycles. The zero-order chi connectivity index (χ0) is 12.8. The topological polar surface area (TPSA) is 29.3 Å². The lowest BCUT2D eigenvalue weighted by Crippen LogP contribution is -2.32. The highest BCUT2D eigenvalue weighted by Gasteiger charge is 2.13. The molecule has 0 unspecified atom stereocenters. The number of nitrogens with two attached hydrogens (primary N) is 1. The van der Waals surface area contributed by atoms with Gasteiger partial charge in [0.05, 0.1) is 0 Å². The van der Waals surface area contributed by atoms with Gasteiger partial charge in [-0.05, 0) is 18.1 Å². The highest BCUT2D eigenvalue weighted by molar-refractivity contribution is 5.19. The van der Waals surface area contributed by atoms with Crippen LogP contribution in [-0.2, 0) is 6.54 Å². The van der Waals surface area contributed by atoms with Gasteiger partial charge in [0.2, 0.25) is 0 Å². The molecule has 1 aromatic rings. The second-order valence-electron chi connectivity index (χ2n) is 4.62. The molecular weight excluding hydrogens is 222 g/mol. The minimum atomic E-state index is -0.490. The molecule has 0 amide bonds. The molecule has 0 spiro atoms. The summed E-state index contributed by atoms with van der Waals surface area (Å²) in [6.45, 7) is 6.33. The van der Waals surface area contributed by atoms with Gasteiger partial charge in [-0.25, -0.2) is 8.78 Å². The molecule has 0 bridgehead atoms. The normalized spacial score (nSPS) is 11.5. The SMILES string of the molecule is CC(C)CN(CCN)Cc1c(F)cccc1F. The molecule has 0 radical (unpaired) electrons. The molecule has 0 saturated carbocycles. The van der Waals surface area contributed by atoms with Gasteiger partial charge in [0.25, 0.3) is 0 Å². The fraction of sp³-hybridized carbons (Fsp3) is 0.538. The van der Waals surface area contributed by atoms with Crippen LogP contribution in [0.1, 0.15) is 19.4 Å². The summed E-state index contributed by atoms with van der Waals surface area (Å²) >= 11 is 0. The molecule has 0 aliphatic rings. The average molecular weight is 242 g/mol. The van der Waals surface area contributed by atoms with E-state index in [4.69, 9.17) is 5.73 Å². The highest BCUT2D eigenvalue weighted by atomic mass is 19.1. The molecule has 17 heavy (non-hydrogen) atoms. The predicted molar refractivity (Wildman–Crippen MR) is 65.5 cm³/mol. The minimum Gasteiger partial charge on any atom is -0.329 e. The summed E-state index contributed by atoms with van der Waals surface area (Å²) in [5.74, 6) is -0.539.